The van der Waals surface area contributed by atoms with Gasteiger partial charge in [-0.1, -0.05) is 31.5 Å². The van der Waals surface area contributed by atoms with Crippen molar-refractivity contribution < 1.29 is 22.8 Å². The minimum atomic E-state index is -4.59. The van der Waals surface area contributed by atoms with Gasteiger partial charge in [0.1, 0.15) is 0 Å². The van der Waals surface area contributed by atoms with E-state index in [-0.39, 0.29) is 27.3 Å². The summed E-state index contributed by atoms with van der Waals surface area (Å²) in [5.41, 5.74) is 2.37. The zero-order valence-electron chi connectivity index (χ0n) is 24.9. The third kappa shape index (κ3) is 5.91. The van der Waals surface area contributed by atoms with Crippen LogP contribution in [0.15, 0.2) is 60.9 Å². The maximum absolute atomic E-state index is 13.7. The molecular formula is C34H36ClF3N4O2. The summed E-state index contributed by atoms with van der Waals surface area (Å²) in [6.45, 7) is 7.51. The van der Waals surface area contributed by atoms with E-state index in [9.17, 15) is 22.8 Å². The Morgan fingerprint density at radius 1 is 0.932 bits per heavy atom. The molecule has 6 rings (SSSR count). The standard InChI is InChI=1S/C34H36ClF3N4O2/c1-32(2)21-29(40-30(43)26-20-23(34(36,37)38)4-6-28(26)35)25-19-22(3-5-27(25)32)31(44)42-17-11-33(12-18-42)9-15-41(16-10-33)24-7-13-39-14-8-24/h3-8,13-14,19-20,29H,9-12,15-18,21H2,1-2H3,(H,40,43). The summed E-state index contributed by atoms with van der Waals surface area (Å²) >= 11 is 6.14. The molecule has 0 bridgehead atoms. The second-order valence-electron chi connectivity index (χ2n) is 13.1. The van der Waals surface area contributed by atoms with Gasteiger partial charge in [-0.15, -0.1) is 0 Å². The molecule has 2 fully saturated rings. The van der Waals surface area contributed by atoms with Gasteiger partial charge in [0.25, 0.3) is 11.8 Å². The van der Waals surface area contributed by atoms with Crippen LogP contribution in [0.25, 0.3) is 0 Å². The first-order valence-electron chi connectivity index (χ1n) is 15.1. The Labute approximate surface area is 260 Å². The Morgan fingerprint density at radius 2 is 1.59 bits per heavy atom. The Balaban J connectivity index is 1.14. The molecule has 0 radical (unpaired) electrons. The predicted molar refractivity (Wildman–Crippen MR) is 164 cm³/mol. The fourth-order valence-corrected chi connectivity index (χ4v) is 7.44. The van der Waals surface area contributed by atoms with E-state index in [2.05, 4.69) is 29.0 Å². The molecule has 232 valence electrons. The van der Waals surface area contributed by atoms with Crippen molar-refractivity contribution in [2.45, 2.75) is 63.6 Å². The number of piperidine rings is 2. The van der Waals surface area contributed by atoms with Gasteiger partial charge in [0, 0.05) is 49.8 Å². The second kappa shape index (κ2) is 11.4. The Kier molecular flexibility index (Phi) is 7.89. The molecule has 1 aliphatic carbocycles. The number of anilines is 1. The van der Waals surface area contributed by atoms with Crippen LogP contribution in [0.1, 0.15) is 89.4 Å². The average molecular weight is 625 g/mol. The number of fused-ring (bicyclic) bond motifs is 1. The van der Waals surface area contributed by atoms with E-state index in [1.165, 1.54) is 5.69 Å². The summed E-state index contributed by atoms with van der Waals surface area (Å²) in [7, 11) is 0. The van der Waals surface area contributed by atoms with Crippen LogP contribution in [0, 0.1) is 5.41 Å². The van der Waals surface area contributed by atoms with Crippen molar-refractivity contribution in [2.24, 2.45) is 5.41 Å². The first-order chi connectivity index (χ1) is 20.9. The minimum Gasteiger partial charge on any atom is -0.371 e. The van der Waals surface area contributed by atoms with Crippen molar-refractivity contribution in [3.63, 3.8) is 0 Å². The number of amides is 2. The average Bonchev–Trinajstić information content (AvgIpc) is 3.26. The smallest absolute Gasteiger partial charge is 0.371 e. The van der Waals surface area contributed by atoms with Gasteiger partial charge >= 0.3 is 6.18 Å². The fraction of sp³-hybridized carbons (Fsp3) is 0.441. The van der Waals surface area contributed by atoms with E-state index in [1.807, 2.05) is 47.6 Å². The van der Waals surface area contributed by atoms with Crippen LogP contribution in [0.2, 0.25) is 5.02 Å². The molecule has 0 saturated carbocycles. The number of benzene rings is 2. The van der Waals surface area contributed by atoms with Gasteiger partial charge < -0.3 is 15.1 Å². The minimum absolute atomic E-state index is 0.0347. The molecule has 10 heteroatoms. The van der Waals surface area contributed by atoms with E-state index in [0.29, 0.717) is 25.1 Å². The number of carbonyl (C=O) groups is 2. The summed E-state index contributed by atoms with van der Waals surface area (Å²) in [5, 5.41) is 2.85. The molecule has 3 aliphatic rings. The molecule has 3 heterocycles. The summed E-state index contributed by atoms with van der Waals surface area (Å²) < 4.78 is 39.9. The first-order valence-corrected chi connectivity index (χ1v) is 15.5. The lowest BCUT2D eigenvalue weighted by atomic mass is 9.71. The van der Waals surface area contributed by atoms with Gasteiger partial charge in [-0.3, -0.25) is 14.6 Å². The van der Waals surface area contributed by atoms with E-state index in [1.54, 1.807) is 0 Å². The van der Waals surface area contributed by atoms with Gasteiger partial charge in [0.2, 0.25) is 0 Å². The van der Waals surface area contributed by atoms with Crippen LogP contribution < -0.4 is 10.2 Å². The molecular weight excluding hydrogens is 589 g/mol. The van der Waals surface area contributed by atoms with Gasteiger partial charge in [-0.2, -0.15) is 13.2 Å². The lowest BCUT2D eigenvalue weighted by Gasteiger charge is -2.47. The largest absolute Gasteiger partial charge is 0.416 e. The number of alkyl halides is 3. The number of pyridine rings is 1. The number of aromatic nitrogens is 1. The van der Waals surface area contributed by atoms with Crippen LogP contribution in [0.5, 0.6) is 0 Å². The highest BCUT2D eigenvalue weighted by Crippen LogP contribution is 2.46. The molecule has 1 atom stereocenters. The highest BCUT2D eigenvalue weighted by Gasteiger charge is 2.41. The molecule has 1 spiro atoms. The number of likely N-dealkylation sites (tertiary alicyclic amines) is 1. The number of halogens is 4. The van der Waals surface area contributed by atoms with E-state index < -0.39 is 23.7 Å². The van der Waals surface area contributed by atoms with Crippen LogP contribution >= 0.6 is 11.6 Å². The predicted octanol–water partition coefficient (Wildman–Crippen LogP) is 7.43. The van der Waals surface area contributed by atoms with Crippen molar-refractivity contribution in [3.05, 3.63) is 93.8 Å². The quantitative estimate of drug-likeness (QED) is 0.328. The van der Waals surface area contributed by atoms with Crippen LogP contribution in [0.4, 0.5) is 18.9 Å². The maximum Gasteiger partial charge on any atom is 0.416 e. The van der Waals surface area contributed by atoms with Crippen molar-refractivity contribution >= 4 is 29.1 Å². The Hall–Kier alpha value is -3.59. The highest BCUT2D eigenvalue weighted by atomic mass is 35.5. The van der Waals surface area contributed by atoms with E-state index in [0.717, 1.165) is 68.1 Å². The van der Waals surface area contributed by atoms with E-state index in [4.69, 9.17) is 11.6 Å². The number of nitrogens with one attached hydrogen (secondary N) is 1. The summed E-state index contributed by atoms with van der Waals surface area (Å²) in [6.07, 6.45) is 3.74. The normalized spacial score (nSPS) is 20.8. The molecule has 2 saturated heterocycles. The van der Waals surface area contributed by atoms with Crippen LogP contribution in [-0.4, -0.2) is 47.9 Å². The second-order valence-corrected chi connectivity index (χ2v) is 13.5. The number of rotatable bonds is 4. The first kappa shape index (κ1) is 30.4. The number of hydrogen-bond donors (Lipinski definition) is 1. The molecule has 1 aromatic heterocycles. The number of hydrogen-bond acceptors (Lipinski definition) is 4. The van der Waals surface area contributed by atoms with E-state index >= 15 is 0 Å². The number of carbonyl (C=O) groups excluding carboxylic acids is 2. The van der Waals surface area contributed by atoms with Crippen LogP contribution in [0.3, 0.4) is 0 Å². The van der Waals surface area contributed by atoms with Gasteiger partial charge in [0.15, 0.2) is 0 Å². The number of nitrogens with zero attached hydrogens (tertiary/aromatic N) is 3. The summed E-state index contributed by atoms with van der Waals surface area (Å²) in [4.78, 5) is 35.3. The van der Waals surface area contributed by atoms with Crippen molar-refractivity contribution in [1.29, 1.82) is 0 Å². The zero-order chi connectivity index (χ0) is 31.3. The lowest BCUT2D eigenvalue weighted by molar-refractivity contribution is -0.137. The molecule has 2 aliphatic heterocycles. The fourth-order valence-electron chi connectivity index (χ4n) is 7.23. The molecule has 1 unspecified atom stereocenters. The van der Waals surface area contributed by atoms with Crippen molar-refractivity contribution in [2.75, 3.05) is 31.1 Å². The SMILES string of the molecule is CC1(C)CC(NC(=O)c2cc(C(F)(F)F)ccc2Cl)c2cc(C(=O)N3CCC4(CC3)CCN(c3ccncc3)CC4)ccc21. The zero-order valence-corrected chi connectivity index (χ0v) is 25.6. The molecule has 3 aromatic rings. The summed E-state index contributed by atoms with van der Waals surface area (Å²) in [6, 6.07) is 12.0. The van der Waals surface area contributed by atoms with Gasteiger partial charge in [-0.05, 0) is 96.5 Å². The lowest BCUT2D eigenvalue weighted by Crippen LogP contribution is -2.48. The molecule has 2 amide bonds. The maximum atomic E-state index is 13.7. The monoisotopic (exact) mass is 624 g/mol. The van der Waals surface area contributed by atoms with Crippen molar-refractivity contribution in [3.8, 4) is 0 Å². The third-order valence-corrected chi connectivity index (χ3v) is 10.3. The van der Waals surface area contributed by atoms with Gasteiger partial charge in [0.05, 0.1) is 22.2 Å². The Bertz CT molecular complexity index is 1560. The Morgan fingerprint density at radius 3 is 2.25 bits per heavy atom. The van der Waals surface area contributed by atoms with Crippen LogP contribution in [-0.2, 0) is 11.6 Å². The van der Waals surface area contributed by atoms with Gasteiger partial charge in [-0.25, -0.2) is 0 Å². The third-order valence-electron chi connectivity index (χ3n) is 9.92. The summed E-state index contributed by atoms with van der Waals surface area (Å²) in [5.74, 6) is -0.713. The highest BCUT2D eigenvalue weighted by molar-refractivity contribution is 6.33. The van der Waals surface area contributed by atoms with Crippen molar-refractivity contribution in [1.82, 2.24) is 15.2 Å². The molecule has 6 nitrogen and oxygen atoms in total. The topological polar surface area (TPSA) is 65.5 Å². The molecule has 44 heavy (non-hydrogen) atoms. The molecule has 2 aromatic carbocycles. The molecule has 1 N–H and O–H groups in total.